The molecule has 1 unspecified atom stereocenters. The highest BCUT2D eigenvalue weighted by molar-refractivity contribution is 4.98. The Labute approximate surface area is 55.9 Å². The van der Waals surface area contributed by atoms with Crippen LogP contribution in [0.3, 0.4) is 0 Å². The van der Waals surface area contributed by atoms with Crippen molar-refractivity contribution in [2.75, 3.05) is 0 Å². The lowest BCUT2D eigenvalue weighted by Crippen LogP contribution is -2.16. The molecule has 0 N–H and O–H groups in total. The summed E-state index contributed by atoms with van der Waals surface area (Å²) in [6, 6.07) is 0. The molecule has 0 bridgehead atoms. The van der Waals surface area contributed by atoms with Gasteiger partial charge in [0.05, 0.1) is 0 Å². The molecule has 0 aromatic carbocycles. The summed E-state index contributed by atoms with van der Waals surface area (Å²) in [5.74, 6) is 0. The lowest BCUT2D eigenvalue weighted by Gasteiger charge is -2.13. The van der Waals surface area contributed by atoms with Gasteiger partial charge in [-0.15, -0.1) is 11.5 Å². The summed E-state index contributed by atoms with van der Waals surface area (Å²) in [6.45, 7) is 7.34. The van der Waals surface area contributed by atoms with Gasteiger partial charge in [-0.05, 0) is 13.3 Å². The van der Waals surface area contributed by atoms with Crippen LogP contribution in [0.4, 0.5) is 0 Å². The summed E-state index contributed by atoms with van der Waals surface area (Å²) < 4.78 is 0. The minimum atomic E-state index is -0.533. The molecule has 52 valence electrons. The number of rotatable bonds is 4. The van der Waals surface area contributed by atoms with E-state index in [1.807, 2.05) is 6.92 Å². The summed E-state index contributed by atoms with van der Waals surface area (Å²) >= 11 is 0. The first-order valence-electron chi connectivity index (χ1n) is 3.16. The van der Waals surface area contributed by atoms with Gasteiger partial charge in [-0.1, -0.05) is 24.6 Å². The van der Waals surface area contributed by atoms with E-state index in [4.69, 9.17) is 0 Å². The monoisotopic (exact) mass is 127 g/mol. The Kier molecular flexibility index (Phi) is 3.13. The maximum atomic E-state index is 10.1. The van der Waals surface area contributed by atoms with Crippen LogP contribution in [0.1, 0.15) is 26.7 Å². The van der Waals surface area contributed by atoms with Gasteiger partial charge in [-0.3, -0.25) is 0 Å². The molecular formula is C7H13NO. The molecule has 0 saturated heterocycles. The second-order valence-electron chi connectivity index (χ2n) is 2.40. The first-order chi connectivity index (χ1) is 4.18. The predicted molar refractivity (Wildman–Crippen MR) is 39.3 cm³/mol. The third kappa shape index (κ3) is 2.40. The van der Waals surface area contributed by atoms with Gasteiger partial charge in [0.15, 0.2) is 0 Å². The van der Waals surface area contributed by atoms with Crippen molar-refractivity contribution >= 4 is 0 Å². The van der Waals surface area contributed by atoms with Gasteiger partial charge < -0.3 is 0 Å². The zero-order valence-electron chi connectivity index (χ0n) is 6.05. The van der Waals surface area contributed by atoms with Crippen LogP contribution in [0.5, 0.6) is 0 Å². The van der Waals surface area contributed by atoms with Gasteiger partial charge in [0.2, 0.25) is 0 Å². The summed E-state index contributed by atoms with van der Waals surface area (Å²) in [4.78, 5) is 10.1. The SMILES string of the molecule is C=CC(C)(CCC)N=O. The zero-order chi connectivity index (χ0) is 7.33. The molecule has 0 aliphatic heterocycles. The molecule has 2 heteroatoms. The van der Waals surface area contributed by atoms with Crippen molar-refractivity contribution < 1.29 is 0 Å². The number of hydrogen-bond acceptors (Lipinski definition) is 2. The highest BCUT2D eigenvalue weighted by atomic mass is 16.3. The van der Waals surface area contributed by atoms with Gasteiger partial charge >= 0.3 is 0 Å². The molecule has 0 aliphatic carbocycles. The van der Waals surface area contributed by atoms with Gasteiger partial charge in [0.1, 0.15) is 5.54 Å². The van der Waals surface area contributed by atoms with E-state index >= 15 is 0 Å². The molecule has 0 rings (SSSR count). The van der Waals surface area contributed by atoms with Crippen LogP contribution in [-0.4, -0.2) is 5.54 Å². The molecular weight excluding hydrogens is 114 g/mol. The van der Waals surface area contributed by atoms with Crippen molar-refractivity contribution in [2.45, 2.75) is 32.2 Å². The van der Waals surface area contributed by atoms with Crippen molar-refractivity contribution in [2.24, 2.45) is 5.18 Å². The Morgan fingerprint density at radius 3 is 2.44 bits per heavy atom. The van der Waals surface area contributed by atoms with Crippen LogP contribution in [-0.2, 0) is 0 Å². The fourth-order valence-corrected chi connectivity index (χ4v) is 0.691. The van der Waals surface area contributed by atoms with Crippen molar-refractivity contribution in [3.63, 3.8) is 0 Å². The minimum Gasteiger partial charge on any atom is -0.150 e. The topological polar surface area (TPSA) is 29.4 Å². The van der Waals surface area contributed by atoms with E-state index in [-0.39, 0.29) is 0 Å². The third-order valence-electron chi connectivity index (χ3n) is 1.40. The number of nitroso groups, excluding NO2 is 1. The summed E-state index contributed by atoms with van der Waals surface area (Å²) in [5.41, 5.74) is -0.533. The van der Waals surface area contributed by atoms with Crippen LogP contribution in [0.25, 0.3) is 0 Å². The molecule has 0 saturated carbocycles. The zero-order valence-corrected chi connectivity index (χ0v) is 6.05. The van der Waals surface area contributed by atoms with E-state index in [1.54, 1.807) is 13.0 Å². The van der Waals surface area contributed by atoms with Crippen LogP contribution >= 0.6 is 0 Å². The fourth-order valence-electron chi connectivity index (χ4n) is 0.691. The first-order valence-corrected chi connectivity index (χ1v) is 3.16. The first kappa shape index (κ1) is 8.34. The van der Waals surface area contributed by atoms with Gasteiger partial charge in [0.25, 0.3) is 0 Å². The summed E-state index contributed by atoms with van der Waals surface area (Å²) in [5, 5.41) is 2.96. The lowest BCUT2D eigenvalue weighted by molar-refractivity contribution is 0.525. The highest BCUT2D eigenvalue weighted by Gasteiger charge is 2.18. The largest absolute Gasteiger partial charge is 0.150 e. The van der Waals surface area contributed by atoms with E-state index in [0.29, 0.717) is 0 Å². The minimum absolute atomic E-state index is 0.533. The fraction of sp³-hybridized carbons (Fsp3) is 0.714. The quantitative estimate of drug-likeness (QED) is 0.421. The smallest absolute Gasteiger partial charge is 0.118 e. The molecule has 0 fully saturated rings. The average molecular weight is 127 g/mol. The average Bonchev–Trinajstić information content (AvgIpc) is 1.89. The molecule has 2 nitrogen and oxygen atoms in total. The van der Waals surface area contributed by atoms with Gasteiger partial charge in [0, 0.05) is 0 Å². The molecule has 0 heterocycles. The van der Waals surface area contributed by atoms with E-state index in [9.17, 15) is 4.91 Å². The lowest BCUT2D eigenvalue weighted by atomic mass is 9.98. The van der Waals surface area contributed by atoms with Crippen molar-refractivity contribution in [3.05, 3.63) is 17.6 Å². The molecule has 0 aromatic rings. The summed E-state index contributed by atoms with van der Waals surface area (Å²) in [6.07, 6.45) is 3.36. The third-order valence-corrected chi connectivity index (χ3v) is 1.40. The number of nitrogens with zero attached hydrogens (tertiary/aromatic N) is 1. The van der Waals surface area contributed by atoms with Crippen molar-refractivity contribution in [3.8, 4) is 0 Å². The molecule has 1 atom stereocenters. The second kappa shape index (κ2) is 3.38. The Bertz CT molecular complexity index is 101. The van der Waals surface area contributed by atoms with E-state index in [1.165, 1.54) is 0 Å². The van der Waals surface area contributed by atoms with Crippen molar-refractivity contribution in [1.82, 2.24) is 0 Å². The van der Waals surface area contributed by atoms with Gasteiger partial charge in [-0.25, -0.2) is 0 Å². The van der Waals surface area contributed by atoms with E-state index in [0.717, 1.165) is 12.8 Å². The van der Waals surface area contributed by atoms with Crippen LogP contribution in [0.2, 0.25) is 0 Å². The van der Waals surface area contributed by atoms with E-state index in [2.05, 4.69) is 11.8 Å². The predicted octanol–water partition coefficient (Wildman–Crippen LogP) is 2.50. The molecule has 0 amide bonds. The molecule has 0 aromatic heterocycles. The molecule has 9 heavy (non-hydrogen) atoms. The molecule has 0 radical (unpaired) electrons. The maximum absolute atomic E-state index is 10.1. The normalized spacial score (nSPS) is 16.2. The summed E-state index contributed by atoms with van der Waals surface area (Å²) in [7, 11) is 0. The van der Waals surface area contributed by atoms with Crippen LogP contribution in [0, 0.1) is 4.91 Å². The Balaban J connectivity index is 3.91. The van der Waals surface area contributed by atoms with E-state index < -0.39 is 5.54 Å². The maximum Gasteiger partial charge on any atom is 0.118 e. The van der Waals surface area contributed by atoms with Gasteiger partial charge in [-0.2, -0.15) is 0 Å². The Hall–Kier alpha value is -0.660. The standard InChI is InChI=1S/C7H13NO/c1-4-6-7(3,5-2)8-9/h5H,2,4,6H2,1,3H3. The highest BCUT2D eigenvalue weighted by Crippen LogP contribution is 2.17. The Morgan fingerprint density at radius 1 is 1.78 bits per heavy atom. The Morgan fingerprint density at radius 2 is 2.33 bits per heavy atom. The second-order valence-corrected chi connectivity index (χ2v) is 2.40. The molecule has 0 aliphatic rings. The van der Waals surface area contributed by atoms with Crippen LogP contribution in [0.15, 0.2) is 17.8 Å². The number of hydrogen-bond donors (Lipinski definition) is 0. The van der Waals surface area contributed by atoms with Crippen molar-refractivity contribution in [1.29, 1.82) is 0 Å². The molecule has 0 spiro atoms. The van der Waals surface area contributed by atoms with Crippen LogP contribution < -0.4 is 0 Å².